The molecule has 0 aromatic rings. The molecule has 2 fully saturated rings. The zero-order valence-corrected chi connectivity index (χ0v) is 11.7. The molecule has 1 heterocycles. The first-order valence-electron chi connectivity index (χ1n) is 6.70. The maximum Gasteiger partial charge on any atom is 0.224 e. The highest BCUT2D eigenvalue weighted by molar-refractivity contribution is 5.85. The van der Waals surface area contributed by atoms with Gasteiger partial charge in [0, 0.05) is 18.9 Å². The second-order valence-corrected chi connectivity index (χ2v) is 5.44. The van der Waals surface area contributed by atoms with Crippen LogP contribution in [0.1, 0.15) is 38.5 Å². The molecule has 0 aromatic carbocycles. The molecule has 1 unspecified atom stereocenters. The third-order valence-electron chi connectivity index (χ3n) is 4.12. The molecule has 1 amide bonds. The first-order chi connectivity index (χ1) is 8.61. The van der Waals surface area contributed by atoms with Crippen molar-refractivity contribution in [2.24, 2.45) is 11.7 Å². The summed E-state index contributed by atoms with van der Waals surface area (Å²) in [6, 6.07) is 1.49. The van der Waals surface area contributed by atoms with Gasteiger partial charge in [-0.2, -0.15) is 5.26 Å². The molecule has 1 saturated heterocycles. The molecular formula is C13H21ClFN3O. The van der Waals surface area contributed by atoms with E-state index in [1.807, 2.05) is 6.07 Å². The molecule has 2 rings (SSSR count). The van der Waals surface area contributed by atoms with Crippen molar-refractivity contribution in [3.63, 3.8) is 0 Å². The van der Waals surface area contributed by atoms with Crippen molar-refractivity contribution in [3.05, 3.63) is 0 Å². The minimum Gasteiger partial charge on any atom is -0.327 e. The van der Waals surface area contributed by atoms with Crippen LogP contribution in [-0.2, 0) is 4.79 Å². The van der Waals surface area contributed by atoms with Crippen LogP contribution >= 0.6 is 12.4 Å². The van der Waals surface area contributed by atoms with E-state index in [1.54, 1.807) is 0 Å². The maximum atomic E-state index is 13.3. The Labute approximate surface area is 119 Å². The molecule has 2 aliphatic rings. The van der Waals surface area contributed by atoms with Crippen LogP contribution in [0.4, 0.5) is 4.39 Å². The zero-order valence-electron chi connectivity index (χ0n) is 10.9. The Morgan fingerprint density at radius 3 is 2.74 bits per heavy atom. The smallest absolute Gasteiger partial charge is 0.224 e. The lowest BCUT2D eigenvalue weighted by atomic mass is 9.82. The fraction of sp³-hybridized carbons (Fsp3) is 0.846. The van der Waals surface area contributed by atoms with Crippen molar-refractivity contribution in [3.8, 4) is 6.07 Å². The maximum absolute atomic E-state index is 13.3. The quantitative estimate of drug-likeness (QED) is 0.842. The molecule has 0 spiro atoms. The van der Waals surface area contributed by atoms with Gasteiger partial charge >= 0.3 is 0 Å². The van der Waals surface area contributed by atoms with Gasteiger partial charge in [0.1, 0.15) is 12.2 Å². The van der Waals surface area contributed by atoms with Crippen LogP contribution in [0.2, 0.25) is 0 Å². The van der Waals surface area contributed by atoms with E-state index in [2.05, 4.69) is 0 Å². The van der Waals surface area contributed by atoms with E-state index in [4.69, 9.17) is 11.0 Å². The largest absolute Gasteiger partial charge is 0.327 e. The van der Waals surface area contributed by atoms with Crippen molar-refractivity contribution in [2.45, 2.75) is 56.8 Å². The second kappa shape index (κ2) is 7.06. The third-order valence-corrected chi connectivity index (χ3v) is 4.12. The van der Waals surface area contributed by atoms with E-state index < -0.39 is 12.2 Å². The van der Waals surface area contributed by atoms with Crippen molar-refractivity contribution < 1.29 is 9.18 Å². The van der Waals surface area contributed by atoms with Crippen LogP contribution in [0.25, 0.3) is 0 Å². The van der Waals surface area contributed by atoms with Gasteiger partial charge in [0.25, 0.3) is 0 Å². The number of alkyl halides is 1. The molecule has 0 bridgehead atoms. The number of likely N-dealkylation sites (tertiary alicyclic amines) is 1. The Kier molecular flexibility index (Phi) is 6.02. The summed E-state index contributed by atoms with van der Waals surface area (Å²) in [7, 11) is 0. The van der Waals surface area contributed by atoms with Crippen molar-refractivity contribution in [2.75, 3.05) is 6.54 Å². The first-order valence-corrected chi connectivity index (χ1v) is 6.70. The average molecular weight is 290 g/mol. The average Bonchev–Trinajstić information content (AvgIpc) is 2.73. The van der Waals surface area contributed by atoms with Gasteiger partial charge in [-0.3, -0.25) is 4.79 Å². The number of rotatable bonds is 2. The number of carbonyl (C=O) groups is 1. The lowest BCUT2D eigenvalue weighted by Gasteiger charge is -2.30. The number of nitriles is 1. The molecule has 1 aliphatic heterocycles. The summed E-state index contributed by atoms with van der Waals surface area (Å²) in [6.45, 7) is 0.0685. The van der Waals surface area contributed by atoms with Crippen LogP contribution in [-0.4, -0.2) is 35.6 Å². The standard InChI is InChI=1S/C13H20FN3O.ClH/c14-10-6-11(7-15)17(8-10)13(18)5-9-3-1-2-4-12(9)16;/h9-12H,1-6,8,16H2;1H/t9?,10-,11-,12-;/m0./s1. The van der Waals surface area contributed by atoms with E-state index >= 15 is 0 Å². The number of hydrogen-bond donors (Lipinski definition) is 1. The number of nitrogens with zero attached hydrogens (tertiary/aromatic N) is 2. The van der Waals surface area contributed by atoms with Crippen molar-refractivity contribution in [1.82, 2.24) is 4.90 Å². The molecule has 108 valence electrons. The highest BCUT2D eigenvalue weighted by Gasteiger charge is 2.36. The number of amides is 1. The summed E-state index contributed by atoms with van der Waals surface area (Å²) in [5, 5.41) is 8.93. The monoisotopic (exact) mass is 289 g/mol. The fourth-order valence-corrected chi connectivity index (χ4v) is 3.01. The Balaban J connectivity index is 0.00000180. The van der Waals surface area contributed by atoms with Gasteiger partial charge in [-0.1, -0.05) is 12.8 Å². The Morgan fingerprint density at radius 2 is 2.11 bits per heavy atom. The lowest BCUT2D eigenvalue weighted by molar-refractivity contribution is -0.132. The van der Waals surface area contributed by atoms with Gasteiger partial charge in [-0.15, -0.1) is 12.4 Å². The third kappa shape index (κ3) is 3.80. The summed E-state index contributed by atoms with van der Waals surface area (Å²) < 4.78 is 13.3. The minimum absolute atomic E-state index is 0. The predicted octanol–water partition coefficient (Wildman–Crippen LogP) is 1.78. The van der Waals surface area contributed by atoms with Gasteiger partial charge in [-0.05, 0) is 18.8 Å². The van der Waals surface area contributed by atoms with Gasteiger partial charge in [0.05, 0.1) is 12.6 Å². The molecule has 1 aliphatic carbocycles. The van der Waals surface area contributed by atoms with E-state index in [0.717, 1.165) is 25.7 Å². The van der Waals surface area contributed by atoms with Gasteiger partial charge in [0.2, 0.25) is 5.91 Å². The molecular weight excluding hydrogens is 269 g/mol. The number of carbonyl (C=O) groups excluding carboxylic acids is 1. The molecule has 0 radical (unpaired) electrons. The second-order valence-electron chi connectivity index (χ2n) is 5.44. The summed E-state index contributed by atoms with van der Waals surface area (Å²) >= 11 is 0. The zero-order chi connectivity index (χ0) is 13.1. The van der Waals surface area contributed by atoms with Crippen LogP contribution in [0.15, 0.2) is 0 Å². The number of halogens is 2. The Hall–Kier alpha value is -0.860. The molecule has 0 aromatic heterocycles. The summed E-state index contributed by atoms with van der Waals surface area (Å²) in [5.74, 6) is 0.0910. The van der Waals surface area contributed by atoms with Crippen LogP contribution in [0.3, 0.4) is 0 Å². The minimum atomic E-state index is -1.06. The summed E-state index contributed by atoms with van der Waals surface area (Å²) in [4.78, 5) is 13.5. The van der Waals surface area contributed by atoms with Gasteiger partial charge in [-0.25, -0.2) is 4.39 Å². The van der Waals surface area contributed by atoms with Gasteiger partial charge < -0.3 is 10.6 Å². The molecule has 4 nitrogen and oxygen atoms in total. The van der Waals surface area contributed by atoms with Crippen molar-refractivity contribution in [1.29, 1.82) is 5.26 Å². The summed E-state index contributed by atoms with van der Waals surface area (Å²) in [5.41, 5.74) is 6.01. The van der Waals surface area contributed by atoms with Gasteiger partial charge in [0.15, 0.2) is 0 Å². The predicted molar refractivity (Wildman–Crippen MR) is 72.4 cm³/mol. The Morgan fingerprint density at radius 1 is 1.42 bits per heavy atom. The van der Waals surface area contributed by atoms with E-state index in [1.165, 1.54) is 4.90 Å². The highest BCUT2D eigenvalue weighted by Crippen LogP contribution is 2.28. The first kappa shape index (κ1) is 16.2. The molecule has 4 atom stereocenters. The molecule has 6 heteroatoms. The summed E-state index contributed by atoms with van der Waals surface area (Å²) in [6.07, 6.45) is 3.63. The van der Waals surface area contributed by atoms with E-state index in [-0.39, 0.29) is 43.2 Å². The SMILES string of the molecule is Cl.N#C[C@@H]1C[C@H](F)CN1C(=O)CC1CCCC[C@@H]1N. The van der Waals surface area contributed by atoms with Crippen LogP contribution in [0.5, 0.6) is 0 Å². The van der Waals surface area contributed by atoms with E-state index in [0.29, 0.717) is 6.42 Å². The highest BCUT2D eigenvalue weighted by atomic mass is 35.5. The fourth-order valence-electron chi connectivity index (χ4n) is 3.01. The number of nitrogens with two attached hydrogens (primary N) is 1. The topological polar surface area (TPSA) is 70.1 Å². The molecule has 19 heavy (non-hydrogen) atoms. The number of hydrogen-bond acceptors (Lipinski definition) is 3. The van der Waals surface area contributed by atoms with Crippen molar-refractivity contribution >= 4 is 18.3 Å². The molecule has 1 saturated carbocycles. The molecule has 2 N–H and O–H groups in total. The normalized spacial score (nSPS) is 34.5. The lowest BCUT2D eigenvalue weighted by Crippen LogP contribution is -2.40. The van der Waals surface area contributed by atoms with E-state index in [9.17, 15) is 9.18 Å². The Bertz CT molecular complexity index is 360. The van der Waals surface area contributed by atoms with Crippen LogP contribution in [0, 0.1) is 17.2 Å². The van der Waals surface area contributed by atoms with Crippen LogP contribution < -0.4 is 5.73 Å².